The van der Waals surface area contributed by atoms with Crippen molar-refractivity contribution >= 4 is 27.5 Å². The van der Waals surface area contributed by atoms with Crippen molar-refractivity contribution in [3.63, 3.8) is 0 Å². The Labute approximate surface area is 282 Å². The number of methoxy groups -OCH3 is 1. The number of fused-ring (bicyclic) bond motifs is 5. The number of nitrogens with zero attached hydrogens (tertiary/aromatic N) is 5. The van der Waals surface area contributed by atoms with Gasteiger partial charge in [-0.25, -0.2) is 22.5 Å². The van der Waals surface area contributed by atoms with E-state index in [4.69, 9.17) is 19.2 Å². The summed E-state index contributed by atoms with van der Waals surface area (Å²) in [7, 11) is 1.49. The minimum Gasteiger partial charge on any atom is -0.468 e. The lowest BCUT2D eigenvalue weighted by atomic mass is 9.94. The zero-order chi connectivity index (χ0) is 33.9. The van der Waals surface area contributed by atoms with Crippen molar-refractivity contribution in [2.75, 3.05) is 51.6 Å². The van der Waals surface area contributed by atoms with E-state index in [2.05, 4.69) is 14.9 Å². The molecule has 3 saturated heterocycles. The predicted octanol–water partition coefficient (Wildman–Crippen LogP) is 7.66. The highest BCUT2D eigenvalue weighted by Crippen LogP contribution is 2.45. The fourth-order valence-corrected chi connectivity index (χ4v) is 8.99. The van der Waals surface area contributed by atoms with Gasteiger partial charge in [0.25, 0.3) is 6.43 Å². The first kappa shape index (κ1) is 32.4. The number of alkyl halides is 3. The molecule has 0 radical (unpaired) electrons. The summed E-state index contributed by atoms with van der Waals surface area (Å²) >= 11 is 0. The predicted molar refractivity (Wildman–Crippen MR) is 179 cm³/mol. The normalized spacial score (nSPS) is 25.2. The number of aryl methyl sites for hydroxylation is 1. The Balaban J connectivity index is 1.33. The number of aromatic nitrogens is 3. The molecule has 2 bridgehead atoms. The van der Waals surface area contributed by atoms with Crippen LogP contribution in [0.4, 0.5) is 23.4 Å². The van der Waals surface area contributed by atoms with Crippen molar-refractivity contribution in [2.45, 2.75) is 70.0 Å². The van der Waals surface area contributed by atoms with Gasteiger partial charge in [0.15, 0.2) is 12.6 Å². The van der Waals surface area contributed by atoms with Crippen LogP contribution in [0, 0.1) is 17.7 Å². The third-order valence-corrected chi connectivity index (χ3v) is 11.1. The molecule has 2 aromatic heterocycles. The molecule has 4 atom stereocenters. The minimum atomic E-state index is -3.03. The van der Waals surface area contributed by atoms with Crippen LogP contribution >= 0.6 is 0 Å². The number of piperidine rings is 1. The monoisotopic (exact) mass is 679 g/mol. The Hall–Kier alpha value is -3.77. The smallest absolute Gasteiger partial charge is 0.319 e. The summed E-state index contributed by atoms with van der Waals surface area (Å²) in [6.07, 6.45) is 1.88. The lowest BCUT2D eigenvalue weighted by Crippen LogP contribution is -2.43. The van der Waals surface area contributed by atoms with Crippen molar-refractivity contribution in [1.82, 2.24) is 19.9 Å². The topological polar surface area (TPSA) is 72.8 Å². The molecule has 260 valence electrons. The number of rotatable bonds is 10. The number of halogens is 4. The Kier molecular flexibility index (Phi) is 8.50. The van der Waals surface area contributed by atoms with Gasteiger partial charge in [-0.1, -0.05) is 25.1 Å². The summed E-state index contributed by atoms with van der Waals surface area (Å²) in [5.41, 5.74) is -0.350. The second kappa shape index (κ2) is 12.8. The summed E-state index contributed by atoms with van der Waals surface area (Å²) < 4.78 is 79.4. The first-order chi connectivity index (χ1) is 23.8. The molecule has 8 rings (SSSR count). The van der Waals surface area contributed by atoms with E-state index in [1.807, 2.05) is 36.1 Å². The standard InChI is InChI=1S/C37H41F4N5O3/c1-3-23-6-4-7-24-13-26(49-20-47-2)14-27(28(23)24)31-30(39)32-29(33(42-31)34(40)41)35(45-16-21-8-9-22(12-21)17-45)44-36(43-32)48-19-37-10-5-11-46(37)18-25(38)15-37/h4,6-7,13-14,21-22,25,34H,3,5,8-12,15-20H2,1-2H3/t21?,22?,25-,37+/m1/s1. The Morgan fingerprint density at radius 2 is 1.84 bits per heavy atom. The molecule has 3 aliphatic heterocycles. The summed E-state index contributed by atoms with van der Waals surface area (Å²) in [5, 5.41) is 1.35. The first-order valence-corrected chi connectivity index (χ1v) is 17.4. The molecular formula is C37H41F4N5O3. The lowest BCUT2D eigenvalue weighted by Gasteiger charge is -2.34. The van der Waals surface area contributed by atoms with Gasteiger partial charge in [-0.05, 0) is 85.4 Å². The van der Waals surface area contributed by atoms with Gasteiger partial charge in [-0.3, -0.25) is 4.90 Å². The molecule has 0 N–H and O–H groups in total. The molecule has 4 aromatic rings. The molecule has 1 aliphatic carbocycles. The molecule has 49 heavy (non-hydrogen) atoms. The Morgan fingerprint density at radius 1 is 1.02 bits per heavy atom. The van der Waals surface area contributed by atoms with Crippen LogP contribution in [-0.4, -0.2) is 78.3 Å². The maximum Gasteiger partial charge on any atom is 0.319 e. The maximum atomic E-state index is 17.2. The van der Waals surface area contributed by atoms with Gasteiger partial charge in [0.1, 0.15) is 41.3 Å². The average Bonchev–Trinajstić information content (AvgIpc) is 3.75. The fraction of sp³-hybridized carbons (Fsp3) is 0.541. The van der Waals surface area contributed by atoms with Gasteiger partial charge in [-0.2, -0.15) is 9.97 Å². The molecule has 2 unspecified atom stereocenters. The minimum absolute atomic E-state index is 0.0501. The first-order valence-electron chi connectivity index (χ1n) is 17.4. The number of hydrogen-bond donors (Lipinski definition) is 0. The molecule has 8 nitrogen and oxygen atoms in total. The number of anilines is 1. The van der Waals surface area contributed by atoms with Crippen LogP contribution in [0.5, 0.6) is 11.8 Å². The Bertz CT molecular complexity index is 1880. The lowest BCUT2D eigenvalue weighted by molar-refractivity contribution is 0.0512. The van der Waals surface area contributed by atoms with E-state index in [-0.39, 0.29) is 41.8 Å². The van der Waals surface area contributed by atoms with Crippen LogP contribution < -0.4 is 14.4 Å². The van der Waals surface area contributed by atoms with Gasteiger partial charge < -0.3 is 19.1 Å². The average molecular weight is 680 g/mol. The van der Waals surface area contributed by atoms with Crippen LogP contribution in [0.15, 0.2) is 30.3 Å². The van der Waals surface area contributed by atoms with E-state index < -0.39 is 29.6 Å². The van der Waals surface area contributed by atoms with Crippen molar-refractivity contribution in [3.8, 4) is 23.0 Å². The third kappa shape index (κ3) is 5.74. The SMILES string of the molecule is CCc1cccc2cc(OCOC)cc(-c3nc(C(F)F)c4c(N5CC6CCC(C6)C5)nc(OC[C@@]56CCCN5C[C@H](F)C6)nc4c3F)c12. The zero-order valence-electron chi connectivity index (χ0n) is 27.9. The summed E-state index contributed by atoms with van der Waals surface area (Å²) in [6, 6.07) is 9.04. The van der Waals surface area contributed by atoms with E-state index in [0.29, 0.717) is 61.0 Å². The number of benzene rings is 2. The second-order valence-electron chi connectivity index (χ2n) is 14.2. The van der Waals surface area contributed by atoms with Gasteiger partial charge in [0, 0.05) is 38.7 Å². The third-order valence-electron chi connectivity index (χ3n) is 11.1. The molecule has 2 aromatic carbocycles. The van der Waals surface area contributed by atoms with E-state index >= 15 is 13.2 Å². The van der Waals surface area contributed by atoms with E-state index in [0.717, 1.165) is 49.6 Å². The quantitative estimate of drug-likeness (QED) is 0.125. The van der Waals surface area contributed by atoms with E-state index in [1.54, 1.807) is 6.07 Å². The van der Waals surface area contributed by atoms with Crippen LogP contribution in [0.2, 0.25) is 0 Å². The number of ether oxygens (including phenoxy) is 3. The Morgan fingerprint density at radius 3 is 2.59 bits per heavy atom. The largest absolute Gasteiger partial charge is 0.468 e. The van der Waals surface area contributed by atoms with Crippen molar-refractivity contribution in [3.05, 3.63) is 47.4 Å². The summed E-state index contributed by atoms with van der Waals surface area (Å²) in [4.78, 5) is 17.8. The molecule has 0 amide bonds. The van der Waals surface area contributed by atoms with Crippen molar-refractivity contribution < 1.29 is 31.8 Å². The number of pyridine rings is 1. The maximum absolute atomic E-state index is 17.2. The summed E-state index contributed by atoms with van der Waals surface area (Å²) in [5.74, 6) is 0.572. The van der Waals surface area contributed by atoms with Crippen LogP contribution in [0.25, 0.3) is 32.9 Å². The van der Waals surface area contributed by atoms with Crippen LogP contribution in [0.3, 0.4) is 0 Å². The van der Waals surface area contributed by atoms with E-state index in [1.165, 1.54) is 7.11 Å². The van der Waals surface area contributed by atoms with E-state index in [9.17, 15) is 4.39 Å². The van der Waals surface area contributed by atoms with Crippen molar-refractivity contribution in [2.24, 2.45) is 11.8 Å². The highest BCUT2D eigenvalue weighted by Gasteiger charge is 2.49. The van der Waals surface area contributed by atoms with Crippen LogP contribution in [-0.2, 0) is 11.2 Å². The van der Waals surface area contributed by atoms with Gasteiger partial charge in [0.2, 0.25) is 0 Å². The molecule has 0 spiro atoms. The zero-order valence-corrected chi connectivity index (χ0v) is 27.9. The van der Waals surface area contributed by atoms with Crippen LogP contribution in [0.1, 0.15) is 63.1 Å². The number of hydrogen-bond acceptors (Lipinski definition) is 8. The van der Waals surface area contributed by atoms with Gasteiger partial charge in [-0.15, -0.1) is 0 Å². The van der Waals surface area contributed by atoms with Crippen molar-refractivity contribution in [1.29, 1.82) is 0 Å². The highest BCUT2D eigenvalue weighted by molar-refractivity contribution is 6.02. The molecule has 5 heterocycles. The molecule has 12 heteroatoms. The van der Waals surface area contributed by atoms with Gasteiger partial charge >= 0.3 is 6.01 Å². The summed E-state index contributed by atoms with van der Waals surface area (Å²) in [6.45, 7) is 4.45. The van der Waals surface area contributed by atoms with Gasteiger partial charge in [0.05, 0.1) is 10.9 Å². The molecule has 4 aliphatic rings. The molecule has 1 saturated carbocycles. The molecule has 4 fully saturated rings. The second-order valence-corrected chi connectivity index (χ2v) is 14.2. The fourth-order valence-electron chi connectivity index (χ4n) is 8.99. The highest BCUT2D eigenvalue weighted by atomic mass is 19.3. The molecular weight excluding hydrogens is 638 g/mol.